The molecule has 2 aromatic rings. The number of likely N-dealkylation sites (tertiary alicyclic amines) is 1. The fourth-order valence-electron chi connectivity index (χ4n) is 3.45. The molecule has 5 nitrogen and oxygen atoms in total. The minimum Gasteiger partial charge on any atom is -0.351 e. The van der Waals surface area contributed by atoms with Crippen LogP contribution in [0.2, 0.25) is 0 Å². The van der Waals surface area contributed by atoms with Crippen LogP contribution >= 0.6 is 0 Å². The normalized spacial score (nSPS) is 21.0. The number of likely N-dealkylation sites (N-methyl/N-ethyl adjacent to an activating group) is 1. The van der Waals surface area contributed by atoms with Crippen LogP contribution in [0.15, 0.2) is 48.9 Å². The molecule has 1 aliphatic rings. The number of imidazole rings is 1. The smallest absolute Gasteiger partial charge is 0.220 e. The van der Waals surface area contributed by atoms with Gasteiger partial charge in [-0.3, -0.25) is 4.79 Å². The standard InChI is InChI=1S/C20H26N4O/c1-23-13-17(19-12-21-15-24(19)2)18(14-23)22-20(25)11-7-6-10-16-8-4-3-5-9-16/h3-6,8-10,12,15,17-18H,7,11,13-14H2,1-2H3,(H,22,25)/t17-,18-/m1/s1. The second-order valence-electron chi connectivity index (χ2n) is 6.78. The molecule has 2 atom stereocenters. The number of rotatable bonds is 6. The van der Waals surface area contributed by atoms with Crippen LogP contribution < -0.4 is 5.32 Å². The Hall–Kier alpha value is -2.40. The minimum absolute atomic E-state index is 0.116. The van der Waals surface area contributed by atoms with Gasteiger partial charge >= 0.3 is 0 Å². The van der Waals surface area contributed by atoms with E-state index in [4.69, 9.17) is 0 Å². The van der Waals surface area contributed by atoms with Crippen LogP contribution in [0.25, 0.3) is 6.08 Å². The number of carbonyl (C=O) groups excluding carboxylic acids is 1. The maximum atomic E-state index is 12.3. The van der Waals surface area contributed by atoms with Gasteiger partial charge < -0.3 is 14.8 Å². The molecule has 1 aliphatic heterocycles. The first-order chi connectivity index (χ1) is 12.1. The highest BCUT2D eigenvalue weighted by atomic mass is 16.1. The molecule has 1 saturated heterocycles. The summed E-state index contributed by atoms with van der Waals surface area (Å²) in [5.41, 5.74) is 2.34. The summed E-state index contributed by atoms with van der Waals surface area (Å²) in [5, 5.41) is 3.22. The molecule has 0 aliphatic carbocycles. The van der Waals surface area contributed by atoms with Crippen molar-refractivity contribution in [3.05, 3.63) is 60.2 Å². The second-order valence-corrected chi connectivity index (χ2v) is 6.78. The monoisotopic (exact) mass is 338 g/mol. The number of aryl methyl sites for hydroxylation is 1. The Morgan fingerprint density at radius 2 is 2.08 bits per heavy atom. The van der Waals surface area contributed by atoms with Crippen molar-refractivity contribution in [2.45, 2.75) is 24.8 Å². The van der Waals surface area contributed by atoms with Gasteiger partial charge in [-0.2, -0.15) is 0 Å². The lowest BCUT2D eigenvalue weighted by molar-refractivity contribution is -0.121. The Balaban J connectivity index is 1.51. The molecule has 1 fully saturated rings. The third-order valence-corrected chi connectivity index (χ3v) is 4.73. The van der Waals surface area contributed by atoms with Crippen molar-refractivity contribution in [2.24, 2.45) is 7.05 Å². The topological polar surface area (TPSA) is 50.2 Å². The van der Waals surface area contributed by atoms with E-state index in [0.717, 1.165) is 25.1 Å². The summed E-state index contributed by atoms with van der Waals surface area (Å²) in [6.45, 7) is 1.82. The quantitative estimate of drug-likeness (QED) is 0.880. The lowest BCUT2D eigenvalue weighted by atomic mass is 10.00. The van der Waals surface area contributed by atoms with Crippen molar-refractivity contribution in [3.63, 3.8) is 0 Å². The van der Waals surface area contributed by atoms with Crippen LogP contribution in [0.4, 0.5) is 0 Å². The average Bonchev–Trinajstić information content (AvgIpc) is 3.17. The summed E-state index contributed by atoms with van der Waals surface area (Å²) in [6, 6.07) is 10.3. The predicted molar refractivity (Wildman–Crippen MR) is 100 cm³/mol. The highest BCUT2D eigenvalue weighted by Crippen LogP contribution is 2.26. The highest BCUT2D eigenvalue weighted by molar-refractivity contribution is 5.76. The van der Waals surface area contributed by atoms with Crippen LogP contribution in [0.5, 0.6) is 0 Å². The van der Waals surface area contributed by atoms with Gasteiger partial charge in [0.1, 0.15) is 0 Å². The van der Waals surface area contributed by atoms with E-state index >= 15 is 0 Å². The van der Waals surface area contributed by atoms with E-state index in [1.807, 2.05) is 42.3 Å². The van der Waals surface area contributed by atoms with E-state index in [-0.39, 0.29) is 11.9 Å². The molecular formula is C20H26N4O. The third-order valence-electron chi connectivity index (χ3n) is 4.73. The molecule has 1 N–H and O–H groups in total. The van der Waals surface area contributed by atoms with Gasteiger partial charge in [-0.1, -0.05) is 42.5 Å². The lowest BCUT2D eigenvalue weighted by Gasteiger charge is -2.20. The van der Waals surface area contributed by atoms with Crippen LogP contribution in [0.3, 0.4) is 0 Å². The summed E-state index contributed by atoms with van der Waals surface area (Å²) in [7, 11) is 4.10. The number of aromatic nitrogens is 2. The number of carbonyl (C=O) groups is 1. The van der Waals surface area contributed by atoms with Gasteiger partial charge in [-0.15, -0.1) is 0 Å². The summed E-state index contributed by atoms with van der Waals surface area (Å²) in [4.78, 5) is 18.8. The number of nitrogens with zero attached hydrogens (tertiary/aromatic N) is 3. The van der Waals surface area contributed by atoms with Crippen molar-refractivity contribution in [1.82, 2.24) is 19.8 Å². The first-order valence-electron chi connectivity index (χ1n) is 8.79. The van der Waals surface area contributed by atoms with E-state index in [0.29, 0.717) is 12.3 Å². The highest BCUT2D eigenvalue weighted by Gasteiger charge is 2.34. The first kappa shape index (κ1) is 17.4. The Labute approximate surface area is 149 Å². The summed E-state index contributed by atoms with van der Waals surface area (Å²) in [6.07, 6.45) is 9.12. The molecular weight excluding hydrogens is 312 g/mol. The van der Waals surface area contributed by atoms with E-state index in [1.54, 1.807) is 0 Å². The Kier molecular flexibility index (Phi) is 5.66. The van der Waals surface area contributed by atoms with E-state index < -0.39 is 0 Å². The minimum atomic E-state index is 0.116. The molecule has 25 heavy (non-hydrogen) atoms. The predicted octanol–water partition coefficient (Wildman–Crippen LogP) is 2.43. The summed E-state index contributed by atoms with van der Waals surface area (Å²) < 4.78 is 2.05. The van der Waals surface area contributed by atoms with Crippen molar-refractivity contribution in [1.29, 1.82) is 0 Å². The molecule has 132 valence electrons. The van der Waals surface area contributed by atoms with Gasteiger partial charge in [-0.05, 0) is 19.0 Å². The molecule has 0 radical (unpaired) electrons. The fourth-order valence-corrected chi connectivity index (χ4v) is 3.45. The van der Waals surface area contributed by atoms with Gasteiger partial charge in [-0.25, -0.2) is 4.98 Å². The molecule has 1 aromatic carbocycles. The van der Waals surface area contributed by atoms with Crippen molar-refractivity contribution in [3.8, 4) is 0 Å². The van der Waals surface area contributed by atoms with Gasteiger partial charge in [0.05, 0.1) is 12.4 Å². The maximum Gasteiger partial charge on any atom is 0.220 e. The van der Waals surface area contributed by atoms with E-state index in [1.165, 1.54) is 5.69 Å². The van der Waals surface area contributed by atoms with E-state index in [9.17, 15) is 4.79 Å². The third kappa shape index (κ3) is 4.57. The van der Waals surface area contributed by atoms with Crippen molar-refractivity contribution < 1.29 is 4.79 Å². The number of nitrogens with one attached hydrogen (secondary N) is 1. The number of hydrogen-bond acceptors (Lipinski definition) is 3. The van der Waals surface area contributed by atoms with Gasteiger partial charge in [0.2, 0.25) is 5.91 Å². The number of hydrogen-bond donors (Lipinski definition) is 1. The molecule has 5 heteroatoms. The SMILES string of the molecule is CN1C[C@@H](NC(=O)CCC=Cc2ccccc2)[C@H](c2cncn2C)C1. The Bertz CT molecular complexity index is 722. The Morgan fingerprint density at radius 3 is 2.80 bits per heavy atom. The van der Waals surface area contributed by atoms with Crippen LogP contribution in [0.1, 0.15) is 30.0 Å². The Morgan fingerprint density at radius 1 is 1.28 bits per heavy atom. The first-order valence-corrected chi connectivity index (χ1v) is 8.79. The maximum absolute atomic E-state index is 12.3. The molecule has 1 aromatic heterocycles. The summed E-state index contributed by atoms with van der Waals surface area (Å²) in [5.74, 6) is 0.409. The zero-order valence-corrected chi connectivity index (χ0v) is 14.9. The van der Waals surface area contributed by atoms with Crippen LogP contribution in [-0.4, -0.2) is 46.5 Å². The molecule has 0 bridgehead atoms. The van der Waals surface area contributed by atoms with Gasteiger partial charge in [0, 0.05) is 44.4 Å². The molecule has 0 saturated carbocycles. The zero-order chi connectivity index (χ0) is 17.6. The van der Waals surface area contributed by atoms with Gasteiger partial charge in [0.15, 0.2) is 0 Å². The molecule has 3 rings (SSSR count). The molecule has 2 heterocycles. The molecule has 0 spiro atoms. The van der Waals surface area contributed by atoms with E-state index in [2.05, 4.69) is 46.5 Å². The number of allylic oxidation sites excluding steroid dienone is 1. The second kappa shape index (κ2) is 8.12. The van der Waals surface area contributed by atoms with Crippen molar-refractivity contribution >= 4 is 12.0 Å². The number of benzene rings is 1. The fraction of sp³-hybridized carbons (Fsp3) is 0.400. The summed E-state index contributed by atoms with van der Waals surface area (Å²) >= 11 is 0. The number of amides is 1. The van der Waals surface area contributed by atoms with Crippen molar-refractivity contribution in [2.75, 3.05) is 20.1 Å². The largest absolute Gasteiger partial charge is 0.351 e. The van der Waals surface area contributed by atoms with Crippen LogP contribution in [-0.2, 0) is 11.8 Å². The lowest BCUT2D eigenvalue weighted by Crippen LogP contribution is -2.39. The molecule has 0 unspecified atom stereocenters. The van der Waals surface area contributed by atoms with Crippen LogP contribution in [0, 0.1) is 0 Å². The van der Waals surface area contributed by atoms with Gasteiger partial charge in [0.25, 0.3) is 0 Å². The zero-order valence-electron chi connectivity index (χ0n) is 14.9. The average molecular weight is 338 g/mol. The molecule has 1 amide bonds.